The first-order valence-electron chi connectivity index (χ1n) is 8.22. The first-order chi connectivity index (χ1) is 12.1. The van der Waals surface area contributed by atoms with Gasteiger partial charge in [-0.1, -0.05) is 25.5 Å². The van der Waals surface area contributed by atoms with Crippen LogP contribution in [-0.4, -0.2) is 17.6 Å². The lowest BCUT2D eigenvalue weighted by Gasteiger charge is -2.13. The molecule has 0 aliphatic carbocycles. The lowest BCUT2D eigenvalue weighted by molar-refractivity contribution is -0.149. The second-order valence-electron chi connectivity index (χ2n) is 5.68. The highest BCUT2D eigenvalue weighted by Gasteiger charge is 2.27. The van der Waals surface area contributed by atoms with Crippen LogP contribution in [0.1, 0.15) is 37.7 Å². The van der Waals surface area contributed by atoms with Crippen LogP contribution in [0.4, 0.5) is 4.39 Å². The standard InChI is InChI=1S/C19H18FNO4/c1-3-7-11-10-13-17(22)12-8-5-6-9-14(12)25-18(13)21-16(11)15(20)19(23)24-4-2/h5-6,8-10,15H,3-4,7H2,1-2H3. The van der Waals surface area contributed by atoms with Crippen molar-refractivity contribution in [1.29, 1.82) is 0 Å². The number of hydrogen-bond acceptors (Lipinski definition) is 5. The number of carbonyl (C=O) groups is 1. The van der Waals surface area contributed by atoms with Crippen molar-refractivity contribution in [1.82, 2.24) is 4.98 Å². The highest BCUT2D eigenvalue weighted by atomic mass is 19.1. The van der Waals surface area contributed by atoms with Gasteiger partial charge in [0.1, 0.15) is 5.58 Å². The number of aromatic nitrogens is 1. The second kappa shape index (κ2) is 7.01. The summed E-state index contributed by atoms with van der Waals surface area (Å²) >= 11 is 0. The number of ether oxygens (including phenoxy) is 1. The van der Waals surface area contributed by atoms with Gasteiger partial charge in [0, 0.05) is 0 Å². The molecule has 6 heteroatoms. The number of pyridine rings is 1. The van der Waals surface area contributed by atoms with Gasteiger partial charge in [-0.3, -0.25) is 4.79 Å². The first kappa shape index (κ1) is 17.1. The molecule has 1 aromatic carbocycles. The van der Waals surface area contributed by atoms with E-state index in [1.165, 1.54) is 0 Å². The number of nitrogens with zero attached hydrogens (tertiary/aromatic N) is 1. The lowest BCUT2D eigenvalue weighted by atomic mass is 10.0. The van der Waals surface area contributed by atoms with E-state index in [9.17, 15) is 14.0 Å². The third-order valence-electron chi connectivity index (χ3n) is 3.94. The van der Waals surface area contributed by atoms with Crippen LogP contribution in [-0.2, 0) is 16.0 Å². The monoisotopic (exact) mass is 343 g/mol. The molecule has 3 aromatic rings. The first-order valence-corrected chi connectivity index (χ1v) is 8.22. The topological polar surface area (TPSA) is 69.4 Å². The zero-order valence-electron chi connectivity index (χ0n) is 14.0. The Bertz CT molecular complexity index is 996. The van der Waals surface area contributed by atoms with Crippen LogP contribution >= 0.6 is 0 Å². The van der Waals surface area contributed by atoms with Gasteiger partial charge in [-0.2, -0.15) is 0 Å². The van der Waals surface area contributed by atoms with E-state index >= 15 is 0 Å². The molecule has 130 valence electrons. The lowest BCUT2D eigenvalue weighted by Crippen LogP contribution is -2.16. The molecule has 2 heterocycles. The molecule has 0 N–H and O–H groups in total. The van der Waals surface area contributed by atoms with E-state index < -0.39 is 12.1 Å². The number of alkyl halides is 1. The zero-order valence-corrected chi connectivity index (χ0v) is 14.0. The van der Waals surface area contributed by atoms with Gasteiger partial charge in [0.05, 0.1) is 23.1 Å². The molecular formula is C19H18FNO4. The van der Waals surface area contributed by atoms with E-state index in [0.29, 0.717) is 29.4 Å². The second-order valence-corrected chi connectivity index (χ2v) is 5.68. The maximum Gasteiger partial charge on any atom is 0.347 e. The number of carbonyl (C=O) groups excluding carboxylic acids is 1. The van der Waals surface area contributed by atoms with Crippen molar-refractivity contribution in [2.45, 2.75) is 32.9 Å². The van der Waals surface area contributed by atoms with E-state index in [0.717, 1.165) is 0 Å². The van der Waals surface area contributed by atoms with Gasteiger partial charge in [-0.25, -0.2) is 14.2 Å². The molecule has 0 saturated heterocycles. The molecule has 0 radical (unpaired) electrons. The van der Waals surface area contributed by atoms with Gasteiger partial charge in [0.25, 0.3) is 0 Å². The Labute approximate surface area is 143 Å². The number of aryl methyl sites for hydroxylation is 1. The van der Waals surface area contributed by atoms with E-state index in [2.05, 4.69) is 4.98 Å². The number of rotatable bonds is 5. The minimum atomic E-state index is -2.01. The van der Waals surface area contributed by atoms with Gasteiger partial charge >= 0.3 is 5.97 Å². The summed E-state index contributed by atoms with van der Waals surface area (Å²) in [5.41, 5.74) is 0.628. The molecular weight excluding hydrogens is 325 g/mol. The summed E-state index contributed by atoms with van der Waals surface area (Å²) in [6.45, 7) is 3.61. The van der Waals surface area contributed by atoms with Crippen LogP contribution in [0, 0.1) is 0 Å². The van der Waals surface area contributed by atoms with Crippen molar-refractivity contribution in [2.75, 3.05) is 6.61 Å². The highest BCUT2D eigenvalue weighted by molar-refractivity contribution is 5.89. The number of benzene rings is 1. The Balaban J connectivity index is 2.26. The van der Waals surface area contributed by atoms with Crippen LogP contribution in [0.2, 0.25) is 0 Å². The Hall–Kier alpha value is -2.76. The molecule has 0 amide bonds. The fourth-order valence-electron chi connectivity index (χ4n) is 2.80. The molecule has 25 heavy (non-hydrogen) atoms. The van der Waals surface area contributed by atoms with Crippen LogP contribution < -0.4 is 5.43 Å². The Morgan fingerprint density at radius 1 is 1.28 bits per heavy atom. The van der Waals surface area contributed by atoms with Crippen LogP contribution in [0.5, 0.6) is 0 Å². The summed E-state index contributed by atoms with van der Waals surface area (Å²) in [5.74, 6) is -0.991. The van der Waals surface area contributed by atoms with Gasteiger partial charge < -0.3 is 9.15 Å². The van der Waals surface area contributed by atoms with Gasteiger partial charge in [0.2, 0.25) is 17.3 Å². The van der Waals surface area contributed by atoms with Crippen molar-refractivity contribution >= 4 is 28.0 Å². The van der Waals surface area contributed by atoms with E-state index in [1.54, 1.807) is 37.3 Å². The smallest absolute Gasteiger partial charge is 0.347 e. The van der Waals surface area contributed by atoms with Crippen molar-refractivity contribution in [3.8, 4) is 0 Å². The van der Waals surface area contributed by atoms with Crippen LogP contribution in [0.25, 0.3) is 22.1 Å². The highest BCUT2D eigenvalue weighted by Crippen LogP contribution is 2.27. The molecule has 1 unspecified atom stereocenters. The number of hydrogen-bond donors (Lipinski definition) is 0. The fraction of sp³-hybridized carbons (Fsp3) is 0.316. The number of halogens is 1. The summed E-state index contributed by atoms with van der Waals surface area (Å²) in [6, 6.07) is 8.38. The van der Waals surface area contributed by atoms with Crippen LogP contribution in [0.15, 0.2) is 39.5 Å². The van der Waals surface area contributed by atoms with Crippen molar-refractivity contribution in [3.63, 3.8) is 0 Å². The van der Waals surface area contributed by atoms with Crippen molar-refractivity contribution in [2.24, 2.45) is 0 Å². The molecule has 0 saturated carbocycles. The third kappa shape index (κ3) is 3.12. The number of esters is 1. The van der Waals surface area contributed by atoms with E-state index in [1.807, 2.05) is 6.92 Å². The molecule has 0 aliphatic heterocycles. The molecule has 0 bridgehead atoms. The van der Waals surface area contributed by atoms with E-state index in [-0.39, 0.29) is 28.8 Å². The molecule has 0 aliphatic rings. The molecule has 1 atom stereocenters. The minimum Gasteiger partial charge on any atom is -0.464 e. The average Bonchev–Trinajstić information content (AvgIpc) is 2.62. The van der Waals surface area contributed by atoms with Crippen LogP contribution in [0.3, 0.4) is 0 Å². The van der Waals surface area contributed by atoms with Gasteiger partial charge in [-0.05, 0) is 37.1 Å². The predicted molar refractivity (Wildman–Crippen MR) is 92.3 cm³/mol. The summed E-state index contributed by atoms with van der Waals surface area (Å²) < 4.78 is 25.0. The largest absolute Gasteiger partial charge is 0.464 e. The van der Waals surface area contributed by atoms with Gasteiger partial charge in [0.15, 0.2) is 0 Å². The molecule has 0 spiro atoms. The quantitative estimate of drug-likeness (QED) is 0.519. The fourth-order valence-corrected chi connectivity index (χ4v) is 2.80. The van der Waals surface area contributed by atoms with Crippen molar-refractivity contribution < 1.29 is 18.3 Å². The normalized spacial score (nSPS) is 12.4. The molecule has 5 nitrogen and oxygen atoms in total. The summed E-state index contributed by atoms with van der Waals surface area (Å²) in [4.78, 5) is 28.6. The zero-order chi connectivity index (χ0) is 18.0. The maximum absolute atomic E-state index is 14.6. The van der Waals surface area contributed by atoms with E-state index in [4.69, 9.17) is 9.15 Å². The Morgan fingerprint density at radius 3 is 2.76 bits per heavy atom. The minimum absolute atomic E-state index is 0.0190. The SMILES string of the molecule is CCCc1cc2c(=O)c3ccccc3oc2nc1C(F)C(=O)OCC. The number of fused-ring (bicyclic) bond motifs is 2. The Morgan fingerprint density at radius 2 is 2.04 bits per heavy atom. The predicted octanol–water partition coefficient (Wildman–Crippen LogP) is 3.87. The summed E-state index contributed by atoms with van der Waals surface area (Å²) in [6.07, 6.45) is -0.804. The van der Waals surface area contributed by atoms with Gasteiger partial charge in [-0.15, -0.1) is 0 Å². The number of para-hydroxylation sites is 1. The summed E-state index contributed by atoms with van der Waals surface area (Å²) in [7, 11) is 0. The third-order valence-corrected chi connectivity index (χ3v) is 3.94. The maximum atomic E-state index is 14.6. The Kier molecular flexibility index (Phi) is 4.79. The average molecular weight is 343 g/mol. The molecule has 3 rings (SSSR count). The van der Waals surface area contributed by atoms with Crippen molar-refractivity contribution in [3.05, 3.63) is 51.8 Å². The molecule has 0 fully saturated rings. The summed E-state index contributed by atoms with van der Waals surface area (Å²) in [5, 5.41) is 0.719. The molecule has 2 aromatic heterocycles.